The van der Waals surface area contributed by atoms with E-state index in [2.05, 4.69) is 10.1 Å². The molecule has 1 amide bonds. The molecule has 0 saturated heterocycles. The number of hydrogen-bond acceptors (Lipinski definition) is 4. The van der Waals surface area contributed by atoms with Gasteiger partial charge < -0.3 is 14.5 Å². The van der Waals surface area contributed by atoms with Crippen LogP contribution < -0.4 is 5.32 Å². The van der Waals surface area contributed by atoms with E-state index in [1.54, 1.807) is 24.3 Å². The Bertz CT molecular complexity index is 736. The number of carbonyl (C=O) groups is 2. The minimum absolute atomic E-state index is 0.248. The number of aryl methyl sites for hydroxylation is 1. The van der Waals surface area contributed by atoms with Crippen molar-refractivity contribution in [2.45, 2.75) is 19.4 Å². The number of furan rings is 1. The highest BCUT2D eigenvalue weighted by Crippen LogP contribution is 2.14. The van der Waals surface area contributed by atoms with Gasteiger partial charge in [0.05, 0.1) is 13.5 Å². The number of benzene rings is 1. The minimum Gasteiger partial charge on any atom is -0.469 e. The molecular weight excluding hydrogens is 330 g/mol. The van der Waals surface area contributed by atoms with Gasteiger partial charge in [0.1, 0.15) is 11.5 Å². The summed E-state index contributed by atoms with van der Waals surface area (Å²) in [7, 11) is 1.35. The molecular formula is C18H18ClNO4. The quantitative estimate of drug-likeness (QED) is 0.616. The lowest BCUT2D eigenvalue weighted by Gasteiger charge is -2.04. The Morgan fingerprint density at radius 2 is 2.04 bits per heavy atom. The average Bonchev–Trinajstić information content (AvgIpc) is 3.05. The van der Waals surface area contributed by atoms with Gasteiger partial charge in [-0.25, -0.2) is 0 Å². The molecule has 0 atom stereocenters. The van der Waals surface area contributed by atoms with Crippen LogP contribution >= 0.6 is 11.6 Å². The lowest BCUT2D eigenvalue weighted by atomic mass is 10.2. The van der Waals surface area contributed by atoms with Gasteiger partial charge in [0.25, 0.3) is 0 Å². The molecule has 1 aromatic carbocycles. The molecule has 2 rings (SSSR count). The molecule has 1 heterocycles. The monoisotopic (exact) mass is 347 g/mol. The fraction of sp³-hybridized carbons (Fsp3) is 0.222. The van der Waals surface area contributed by atoms with E-state index in [4.69, 9.17) is 16.0 Å². The zero-order chi connectivity index (χ0) is 17.4. The number of methoxy groups -OCH3 is 1. The van der Waals surface area contributed by atoms with Gasteiger partial charge in [0.15, 0.2) is 0 Å². The minimum atomic E-state index is -0.289. The van der Waals surface area contributed by atoms with E-state index in [0.717, 1.165) is 5.56 Å². The van der Waals surface area contributed by atoms with Crippen LogP contribution in [0.15, 0.2) is 46.9 Å². The Kier molecular flexibility index (Phi) is 6.63. The van der Waals surface area contributed by atoms with Crippen molar-refractivity contribution in [3.8, 4) is 0 Å². The zero-order valence-electron chi connectivity index (χ0n) is 13.3. The third-order valence-electron chi connectivity index (χ3n) is 3.30. The van der Waals surface area contributed by atoms with Crippen LogP contribution in [0.5, 0.6) is 0 Å². The van der Waals surface area contributed by atoms with Crippen molar-refractivity contribution in [1.82, 2.24) is 5.32 Å². The van der Waals surface area contributed by atoms with E-state index in [1.807, 2.05) is 18.2 Å². The highest BCUT2D eigenvalue weighted by atomic mass is 35.5. The normalized spacial score (nSPS) is 10.8. The summed E-state index contributed by atoms with van der Waals surface area (Å²) in [6, 6.07) is 10.8. The van der Waals surface area contributed by atoms with Crippen molar-refractivity contribution in [2.75, 3.05) is 7.11 Å². The van der Waals surface area contributed by atoms with E-state index in [-0.39, 0.29) is 18.3 Å². The molecule has 0 unspecified atom stereocenters. The van der Waals surface area contributed by atoms with Crippen LogP contribution in [-0.2, 0) is 27.3 Å². The highest BCUT2D eigenvalue weighted by Gasteiger charge is 2.05. The Hall–Kier alpha value is -2.53. The summed E-state index contributed by atoms with van der Waals surface area (Å²) >= 11 is 6.03. The van der Waals surface area contributed by atoms with Crippen molar-refractivity contribution in [1.29, 1.82) is 0 Å². The summed E-state index contributed by atoms with van der Waals surface area (Å²) in [6.45, 7) is 0.353. The molecule has 126 valence electrons. The maximum absolute atomic E-state index is 11.8. The molecule has 0 aliphatic carbocycles. The van der Waals surface area contributed by atoms with Crippen LogP contribution in [0.1, 0.15) is 23.5 Å². The lowest BCUT2D eigenvalue weighted by molar-refractivity contribution is -0.140. The lowest BCUT2D eigenvalue weighted by Crippen LogP contribution is -2.20. The predicted molar refractivity (Wildman–Crippen MR) is 91.4 cm³/mol. The summed E-state index contributed by atoms with van der Waals surface area (Å²) in [6.07, 6.45) is 3.67. The Morgan fingerprint density at radius 1 is 1.25 bits per heavy atom. The maximum Gasteiger partial charge on any atom is 0.305 e. The molecule has 0 saturated carbocycles. The van der Waals surface area contributed by atoms with Gasteiger partial charge >= 0.3 is 5.97 Å². The first kappa shape index (κ1) is 17.8. The van der Waals surface area contributed by atoms with E-state index < -0.39 is 0 Å². The summed E-state index contributed by atoms with van der Waals surface area (Å²) in [5, 5.41) is 3.37. The second-order valence-corrected chi connectivity index (χ2v) is 5.43. The van der Waals surface area contributed by atoms with Crippen molar-refractivity contribution in [3.63, 3.8) is 0 Å². The Morgan fingerprint density at radius 3 is 2.79 bits per heavy atom. The first-order valence-electron chi connectivity index (χ1n) is 7.43. The van der Waals surface area contributed by atoms with Crippen LogP contribution in [0.4, 0.5) is 0 Å². The fourth-order valence-electron chi connectivity index (χ4n) is 1.99. The van der Waals surface area contributed by atoms with E-state index >= 15 is 0 Å². The smallest absolute Gasteiger partial charge is 0.305 e. The van der Waals surface area contributed by atoms with Gasteiger partial charge in [-0.15, -0.1) is 0 Å². The Balaban J connectivity index is 1.82. The highest BCUT2D eigenvalue weighted by molar-refractivity contribution is 6.31. The molecule has 1 N–H and O–H groups in total. The Labute approximate surface area is 145 Å². The second kappa shape index (κ2) is 8.93. The molecule has 0 bridgehead atoms. The van der Waals surface area contributed by atoms with Gasteiger partial charge in [-0.05, 0) is 29.8 Å². The third kappa shape index (κ3) is 5.59. The van der Waals surface area contributed by atoms with Crippen LogP contribution in [0, 0.1) is 0 Å². The van der Waals surface area contributed by atoms with Gasteiger partial charge in [-0.1, -0.05) is 29.8 Å². The molecule has 0 radical (unpaired) electrons. The SMILES string of the molecule is COC(=O)CCc1ccc(C=CC(=O)NCc2ccccc2Cl)o1. The molecule has 24 heavy (non-hydrogen) atoms. The van der Waals surface area contributed by atoms with Gasteiger partial charge in [-0.2, -0.15) is 0 Å². The molecule has 0 aliphatic heterocycles. The maximum atomic E-state index is 11.8. The van der Waals surface area contributed by atoms with Crippen LogP contribution in [0.25, 0.3) is 6.08 Å². The van der Waals surface area contributed by atoms with Crippen LogP contribution in [-0.4, -0.2) is 19.0 Å². The number of esters is 1. The first-order valence-corrected chi connectivity index (χ1v) is 7.81. The number of carbonyl (C=O) groups excluding carboxylic acids is 2. The van der Waals surface area contributed by atoms with E-state index in [0.29, 0.717) is 29.5 Å². The van der Waals surface area contributed by atoms with Gasteiger partial charge in [-0.3, -0.25) is 9.59 Å². The number of hydrogen-bond donors (Lipinski definition) is 1. The van der Waals surface area contributed by atoms with Crippen molar-refractivity contribution < 1.29 is 18.7 Å². The molecule has 6 heteroatoms. The zero-order valence-corrected chi connectivity index (χ0v) is 14.0. The number of halogens is 1. The topological polar surface area (TPSA) is 68.5 Å². The molecule has 2 aromatic rings. The third-order valence-corrected chi connectivity index (χ3v) is 3.66. The second-order valence-electron chi connectivity index (χ2n) is 5.02. The number of amides is 1. The molecule has 1 aromatic heterocycles. The van der Waals surface area contributed by atoms with Crippen molar-refractivity contribution in [2.24, 2.45) is 0 Å². The van der Waals surface area contributed by atoms with Crippen molar-refractivity contribution >= 4 is 29.6 Å². The number of nitrogens with one attached hydrogen (secondary N) is 1. The van der Waals surface area contributed by atoms with E-state index in [9.17, 15) is 9.59 Å². The van der Waals surface area contributed by atoms with Crippen LogP contribution in [0.2, 0.25) is 5.02 Å². The standard InChI is InChI=1S/C18H18ClNO4/c1-23-18(22)11-9-15-7-6-14(24-15)8-10-17(21)20-12-13-4-2-3-5-16(13)19/h2-8,10H,9,11-12H2,1H3,(H,20,21). The average molecular weight is 348 g/mol. The molecule has 5 nitrogen and oxygen atoms in total. The largest absolute Gasteiger partial charge is 0.469 e. The summed E-state index contributed by atoms with van der Waals surface area (Å²) in [5.41, 5.74) is 0.851. The number of ether oxygens (including phenoxy) is 1. The molecule has 0 fully saturated rings. The summed E-state index contributed by atoms with van der Waals surface area (Å²) in [5.74, 6) is 0.671. The molecule has 0 spiro atoms. The first-order chi connectivity index (χ1) is 11.6. The number of rotatable bonds is 7. The van der Waals surface area contributed by atoms with Gasteiger partial charge in [0, 0.05) is 24.1 Å². The van der Waals surface area contributed by atoms with Crippen molar-refractivity contribution in [3.05, 3.63) is 64.6 Å². The summed E-state index contributed by atoms with van der Waals surface area (Å²) < 4.78 is 10.1. The van der Waals surface area contributed by atoms with Crippen LogP contribution in [0.3, 0.4) is 0 Å². The molecule has 0 aliphatic rings. The van der Waals surface area contributed by atoms with Gasteiger partial charge in [0.2, 0.25) is 5.91 Å². The van der Waals surface area contributed by atoms with E-state index in [1.165, 1.54) is 13.2 Å². The summed E-state index contributed by atoms with van der Waals surface area (Å²) in [4.78, 5) is 22.9. The fourth-order valence-corrected chi connectivity index (χ4v) is 2.19. The predicted octanol–water partition coefficient (Wildman–Crippen LogP) is 3.37.